The quantitative estimate of drug-likeness (QED) is 0.772. The molecule has 4 rings (SSSR count). The number of aromatic nitrogens is 7. The number of fused-ring (bicyclic) bond motifs is 1. The highest BCUT2D eigenvalue weighted by Crippen LogP contribution is 2.32. The number of tetrazole rings is 1. The molecule has 1 aliphatic heterocycles. The van der Waals surface area contributed by atoms with Gasteiger partial charge in [0, 0.05) is 25.3 Å². The van der Waals surface area contributed by atoms with Crippen LogP contribution < -0.4 is 0 Å². The molecule has 0 radical (unpaired) electrons. The van der Waals surface area contributed by atoms with Gasteiger partial charge < -0.3 is 0 Å². The normalized spacial score (nSPS) is 21.5. The third-order valence-electron chi connectivity index (χ3n) is 5.73. The van der Waals surface area contributed by atoms with E-state index in [2.05, 4.69) is 26.5 Å². The van der Waals surface area contributed by atoms with Gasteiger partial charge in [-0.15, -0.1) is 5.10 Å². The van der Waals surface area contributed by atoms with Crippen LogP contribution in [0.2, 0.25) is 0 Å². The van der Waals surface area contributed by atoms with E-state index in [1.54, 1.807) is 0 Å². The molecule has 1 atom stereocenters. The van der Waals surface area contributed by atoms with E-state index in [1.165, 1.54) is 38.5 Å². The van der Waals surface area contributed by atoms with Crippen LogP contribution in [0, 0.1) is 5.92 Å². The monoisotopic (exact) mass is 375 g/mol. The summed E-state index contributed by atoms with van der Waals surface area (Å²) in [5, 5.41) is 17.4. The van der Waals surface area contributed by atoms with E-state index in [0.29, 0.717) is 0 Å². The van der Waals surface area contributed by atoms with Gasteiger partial charge in [0.05, 0.1) is 5.92 Å². The summed E-state index contributed by atoms with van der Waals surface area (Å²) in [4.78, 5) is 4.99. The first-order chi connectivity index (χ1) is 12.8. The molecular weight excluding hydrogens is 346 g/mol. The van der Waals surface area contributed by atoms with Crippen LogP contribution in [-0.2, 0) is 19.5 Å². The Balaban J connectivity index is 1.63. The Bertz CT molecular complexity index is 704. The van der Waals surface area contributed by atoms with Crippen molar-refractivity contribution in [3.8, 4) is 0 Å². The maximum Gasteiger partial charge on any atom is 0.161 e. The Labute approximate surface area is 159 Å². The van der Waals surface area contributed by atoms with E-state index in [-0.39, 0.29) is 5.92 Å². The number of aryl methyl sites for hydroxylation is 2. The van der Waals surface area contributed by atoms with Gasteiger partial charge in [0.1, 0.15) is 5.82 Å². The van der Waals surface area contributed by atoms with Crippen LogP contribution in [-0.4, -0.2) is 47.0 Å². The van der Waals surface area contributed by atoms with Gasteiger partial charge in [-0.3, -0.25) is 0 Å². The number of hydrogen-bond donors (Lipinski definition) is 0. The first kappa shape index (κ1) is 17.9. The molecule has 0 N–H and O–H groups in total. The van der Waals surface area contributed by atoms with E-state index >= 15 is 0 Å². The highest BCUT2D eigenvalue weighted by atomic mass is 32.2. The molecule has 0 aromatic carbocycles. The lowest BCUT2D eigenvalue weighted by Gasteiger charge is -2.23. The summed E-state index contributed by atoms with van der Waals surface area (Å²) in [6.45, 7) is 1.91. The topological polar surface area (TPSA) is 74.3 Å². The van der Waals surface area contributed by atoms with Gasteiger partial charge in [0.15, 0.2) is 11.6 Å². The Hall–Kier alpha value is -1.44. The standard InChI is InChI=1S/C18H29N7S/c1-26-12-10-16-19-17(25(21-16)13-14-7-3-2-4-8-14)15-9-5-6-11-24-18(15)20-22-23-24/h14-15H,2-13H2,1H3. The number of hydrogen-bond acceptors (Lipinski definition) is 6. The molecule has 0 bridgehead atoms. The van der Waals surface area contributed by atoms with Crippen molar-refractivity contribution in [3.05, 3.63) is 17.5 Å². The van der Waals surface area contributed by atoms with Crippen LogP contribution in [0.3, 0.4) is 0 Å². The summed E-state index contributed by atoms with van der Waals surface area (Å²) < 4.78 is 4.18. The molecule has 1 saturated carbocycles. The summed E-state index contributed by atoms with van der Waals surface area (Å²) in [7, 11) is 0. The zero-order valence-electron chi connectivity index (χ0n) is 15.7. The fraction of sp³-hybridized carbons (Fsp3) is 0.833. The van der Waals surface area contributed by atoms with Crippen LogP contribution in [0.5, 0.6) is 0 Å². The second-order valence-corrected chi connectivity index (χ2v) is 8.61. The van der Waals surface area contributed by atoms with E-state index in [1.807, 2.05) is 16.4 Å². The number of rotatable bonds is 6. The Morgan fingerprint density at radius 3 is 2.73 bits per heavy atom. The van der Waals surface area contributed by atoms with Crippen molar-refractivity contribution < 1.29 is 0 Å². The first-order valence-electron chi connectivity index (χ1n) is 10.0. The Morgan fingerprint density at radius 2 is 1.88 bits per heavy atom. The molecule has 2 aromatic heterocycles. The van der Waals surface area contributed by atoms with Crippen molar-refractivity contribution >= 4 is 11.8 Å². The summed E-state index contributed by atoms with van der Waals surface area (Å²) in [6, 6.07) is 0. The molecule has 1 unspecified atom stereocenters. The number of thioether (sulfide) groups is 1. The van der Waals surface area contributed by atoms with Crippen LogP contribution in [0.25, 0.3) is 0 Å². The molecule has 0 spiro atoms. The summed E-state index contributed by atoms with van der Waals surface area (Å²) in [5.41, 5.74) is 0. The van der Waals surface area contributed by atoms with Crippen molar-refractivity contribution in [2.24, 2.45) is 5.92 Å². The maximum absolute atomic E-state index is 4.99. The second kappa shape index (κ2) is 8.50. The highest BCUT2D eigenvalue weighted by Gasteiger charge is 2.29. The molecule has 8 heteroatoms. The van der Waals surface area contributed by atoms with Crippen molar-refractivity contribution in [2.75, 3.05) is 12.0 Å². The van der Waals surface area contributed by atoms with Crippen molar-refractivity contribution in [1.82, 2.24) is 35.0 Å². The lowest BCUT2D eigenvalue weighted by Crippen LogP contribution is -2.20. The molecule has 7 nitrogen and oxygen atoms in total. The average Bonchev–Trinajstić information content (AvgIpc) is 3.24. The number of nitrogens with zero attached hydrogens (tertiary/aromatic N) is 7. The minimum atomic E-state index is 0.173. The molecule has 0 saturated heterocycles. The van der Waals surface area contributed by atoms with Gasteiger partial charge in [-0.05, 0) is 48.3 Å². The molecule has 0 amide bonds. The fourth-order valence-electron chi connectivity index (χ4n) is 4.31. The minimum Gasteiger partial charge on any atom is -0.249 e. The molecule has 2 aromatic rings. The smallest absolute Gasteiger partial charge is 0.161 e. The zero-order valence-corrected chi connectivity index (χ0v) is 16.5. The third-order valence-corrected chi connectivity index (χ3v) is 6.34. The van der Waals surface area contributed by atoms with Gasteiger partial charge in [0.25, 0.3) is 0 Å². The van der Waals surface area contributed by atoms with Crippen LogP contribution in [0.15, 0.2) is 0 Å². The molecule has 1 fully saturated rings. The fourth-order valence-corrected chi connectivity index (χ4v) is 4.70. The van der Waals surface area contributed by atoms with E-state index in [4.69, 9.17) is 10.1 Å². The van der Waals surface area contributed by atoms with Gasteiger partial charge in [-0.25, -0.2) is 14.3 Å². The summed E-state index contributed by atoms with van der Waals surface area (Å²) in [6.07, 6.45) is 13.2. The first-order valence-corrected chi connectivity index (χ1v) is 11.4. The van der Waals surface area contributed by atoms with Gasteiger partial charge in [-0.2, -0.15) is 16.9 Å². The Morgan fingerprint density at radius 1 is 1.04 bits per heavy atom. The third kappa shape index (κ3) is 3.94. The van der Waals surface area contributed by atoms with Crippen LogP contribution >= 0.6 is 11.8 Å². The largest absolute Gasteiger partial charge is 0.249 e. The molecule has 3 heterocycles. The van der Waals surface area contributed by atoms with Gasteiger partial charge in [-0.1, -0.05) is 25.7 Å². The molecule has 2 aliphatic rings. The minimum absolute atomic E-state index is 0.173. The molecule has 1 aliphatic carbocycles. The van der Waals surface area contributed by atoms with E-state index in [0.717, 1.165) is 61.5 Å². The molecule has 26 heavy (non-hydrogen) atoms. The highest BCUT2D eigenvalue weighted by molar-refractivity contribution is 7.98. The maximum atomic E-state index is 4.99. The Kier molecular flexibility index (Phi) is 5.87. The summed E-state index contributed by atoms with van der Waals surface area (Å²) in [5.74, 6) is 5.01. The van der Waals surface area contributed by atoms with Gasteiger partial charge >= 0.3 is 0 Å². The lowest BCUT2D eigenvalue weighted by molar-refractivity contribution is 0.301. The second-order valence-electron chi connectivity index (χ2n) is 7.62. The van der Waals surface area contributed by atoms with Crippen LogP contribution in [0.4, 0.5) is 0 Å². The predicted octanol–water partition coefficient (Wildman–Crippen LogP) is 3.07. The molecular formula is C18H29N7S. The SMILES string of the molecule is CSCCc1nc(C2CCCCn3nnnc32)n(CC2CCCCC2)n1. The van der Waals surface area contributed by atoms with E-state index in [9.17, 15) is 0 Å². The zero-order chi connectivity index (χ0) is 17.8. The van der Waals surface area contributed by atoms with Crippen LogP contribution in [0.1, 0.15) is 74.8 Å². The average molecular weight is 376 g/mol. The van der Waals surface area contributed by atoms with E-state index < -0.39 is 0 Å². The van der Waals surface area contributed by atoms with Gasteiger partial charge in [0.2, 0.25) is 0 Å². The summed E-state index contributed by atoms with van der Waals surface area (Å²) >= 11 is 1.85. The van der Waals surface area contributed by atoms with Crippen molar-refractivity contribution in [3.63, 3.8) is 0 Å². The predicted molar refractivity (Wildman–Crippen MR) is 102 cm³/mol. The van der Waals surface area contributed by atoms with Crippen molar-refractivity contribution in [2.45, 2.75) is 76.8 Å². The molecule has 142 valence electrons. The lowest BCUT2D eigenvalue weighted by atomic mass is 9.89. The van der Waals surface area contributed by atoms with Crippen molar-refractivity contribution in [1.29, 1.82) is 0 Å².